The van der Waals surface area contributed by atoms with Crippen molar-refractivity contribution in [2.75, 3.05) is 7.11 Å². The standard InChI is InChI=1S/C12H10O2S/c1-14-12(13)5-3-9-2-4-11-10(8-9)6-7-15-11/h2-8H,1H3. The molecule has 0 aliphatic rings. The molecule has 76 valence electrons. The zero-order valence-electron chi connectivity index (χ0n) is 8.27. The Morgan fingerprint density at radius 3 is 3.07 bits per heavy atom. The summed E-state index contributed by atoms with van der Waals surface area (Å²) in [6.07, 6.45) is 3.18. The van der Waals surface area contributed by atoms with Gasteiger partial charge in [-0.25, -0.2) is 4.79 Å². The van der Waals surface area contributed by atoms with Crippen molar-refractivity contribution in [1.29, 1.82) is 0 Å². The third-order valence-corrected chi connectivity index (χ3v) is 2.99. The highest BCUT2D eigenvalue weighted by Crippen LogP contribution is 2.22. The van der Waals surface area contributed by atoms with Crippen LogP contribution < -0.4 is 0 Å². The van der Waals surface area contributed by atoms with Gasteiger partial charge in [-0.1, -0.05) is 6.07 Å². The zero-order valence-corrected chi connectivity index (χ0v) is 9.08. The van der Waals surface area contributed by atoms with Crippen LogP contribution in [0.4, 0.5) is 0 Å². The number of hydrogen-bond acceptors (Lipinski definition) is 3. The normalized spacial score (nSPS) is 11.0. The van der Waals surface area contributed by atoms with E-state index >= 15 is 0 Å². The minimum atomic E-state index is -0.333. The lowest BCUT2D eigenvalue weighted by Gasteiger charge is -1.94. The van der Waals surface area contributed by atoms with E-state index in [1.54, 1.807) is 17.4 Å². The summed E-state index contributed by atoms with van der Waals surface area (Å²) in [4.78, 5) is 10.9. The second-order valence-corrected chi connectivity index (χ2v) is 4.02. The van der Waals surface area contributed by atoms with E-state index in [-0.39, 0.29) is 5.97 Å². The van der Waals surface area contributed by atoms with Gasteiger partial charge in [0.1, 0.15) is 0 Å². The molecule has 0 atom stereocenters. The predicted octanol–water partition coefficient (Wildman–Crippen LogP) is 3.09. The minimum absolute atomic E-state index is 0.333. The van der Waals surface area contributed by atoms with Crippen LogP contribution in [-0.4, -0.2) is 13.1 Å². The first-order valence-electron chi connectivity index (χ1n) is 4.53. The lowest BCUT2D eigenvalue weighted by Crippen LogP contribution is -1.93. The summed E-state index contributed by atoms with van der Waals surface area (Å²) >= 11 is 1.71. The van der Waals surface area contributed by atoms with Crippen LogP contribution in [0.25, 0.3) is 16.2 Å². The van der Waals surface area contributed by atoms with E-state index in [1.165, 1.54) is 23.3 Å². The molecule has 3 heteroatoms. The number of fused-ring (bicyclic) bond motifs is 1. The Balaban J connectivity index is 2.28. The highest BCUT2D eigenvalue weighted by molar-refractivity contribution is 7.17. The summed E-state index contributed by atoms with van der Waals surface area (Å²) in [6, 6.07) is 8.15. The molecule has 0 spiro atoms. The molecule has 0 amide bonds. The van der Waals surface area contributed by atoms with Gasteiger partial charge in [-0.2, -0.15) is 0 Å². The largest absolute Gasteiger partial charge is 0.466 e. The van der Waals surface area contributed by atoms with E-state index in [0.29, 0.717) is 0 Å². The second kappa shape index (κ2) is 4.28. The number of benzene rings is 1. The van der Waals surface area contributed by atoms with Crippen LogP contribution in [0.2, 0.25) is 0 Å². The van der Waals surface area contributed by atoms with Gasteiger partial charge in [-0.3, -0.25) is 0 Å². The molecule has 1 aromatic carbocycles. The Kier molecular flexibility index (Phi) is 2.83. The second-order valence-electron chi connectivity index (χ2n) is 3.07. The average molecular weight is 218 g/mol. The van der Waals surface area contributed by atoms with Crippen molar-refractivity contribution in [2.24, 2.45) is 0 Å². The Hall–Kier alpha value is -1.61. The van der Waals surface area contributed by atoms with Crippen molar-refractivity contribution in [3.8, 4) is 0 Å². The van der Waals surface area contributed by atoms with Crippen molar-refractivity contribution in [3.05, 3.63) is 41.3 Å². The van der Waals surface area contributed by atoms with Crippen LogP contribution in [0, 0.1) is 0 Å². The van der Waals surface area contributed by atoms with Gasteiger partial charge in [0.25, 0.3) is 0 Å². The van der Waals surface area contributed by atoms with Crippen LogP contribution >= 0.6 is 11.3 Å². The minimum Gasteiger partial charge on any atom is -0.466 e. The van der Waals surface area contributed by atoms with E-state index in [1.807, 2.05) is 12.1 Å². The maximum atomic E-state index is 10.9. The number of esters is 1. The molecule has 0 fully saturated rings. The number of hydrogen-bond donors (Lipinski definition) is 0. The number of ether oxygens (including phenoxy) is 1. The van der Waals surface area contributed by atoms with Gasteiger partial charge in [0.2, 0.25) is 0 Å². The zero-order chi connectivity index (χ0) is 10.7. The lowest BCUT2D eigenvalue weighted by atomic mass is 10.1. The molecule has 0 aliphatic heterocycles. The van der Waals surface area contributed by atoms with Crippen LogP contribution in [0.5, 0.6) is 0 Å². The van der Waals surface area contributed by atoms with E-state index in [9.17, 15) is 4.79 Å². The summed E-state index contributed by atoms with van der Waals surface area (Å²) in [7, 11) is 1.37. The molecular formula is C12H10O2S. The Morgan fingerprint density at radius 1 is 1.40 bits per heavy atom. The maximum absolute atomic E-state index is 10.9. The number of carbonyl (C=O) groups excluding carboxylic acids is 1. The van der Waals surface area contributed by atoms with Crippen LogP contribution in [0.3, 0.4) is 0 Å². The predicted molar refractivity (Wildman–Crippen MR) is 62.9 cm³/mol. The van der Waals surface area contributed by atoms with Gasteiger partial charge in [-0.15, -0.1) is 11.3 Å². The lowest BCUT2D eigenvalue weighted by molar-refractivity contribution is -0.134. The third-order valence-electron chi connectivity index (χ3n) is 2.09. The maximum Gasteiger partial charge on any atom is 0.330 e. The molecule has 0 saturated heterocycles. The number of thiophene rings is 1. The van der Waals surface area contributed by atoms with E-state index in [4.69, 9.17) is 0 Å². The molecule has 0 bridgehead atoms. The molecule has 15 heavy (non-hydrogen) atoms. The Morgan fingerprint density at radius 2 is 2.27 bits per heavy atom. The fourth-order valence-corrected chi connectivity index (χ4v) is 2.09. The first-order chi connectivity index (χ1) is 7.29. The number of carbonyl (C=O) groups is 1. The molecule has 0 N–H and O–H groups in total. The van der Waals surface area contributed by atoms with Crippen molar-refractivity contribution in [1.82, 2.24) is 0 Å². The monoisotopic (exact) mass is 218 g/mol. The van der Waals surface area contributed by atoms with Gasteiger partial charge >= 0.3 is 5.97 Å². The third kappa shape index (κ3) is 2.25. The summed E-state index contributed by atoms with van der Waals surface area (Å²) in [6.45, 7) is 0. The SMILES string of the molecule is COC(=O)C=Cc1ccc2sccc2c1. The van der Waals surface area contributed by atoms with Crippen LogP contribution in [0.1, 0.15) is 5.56 Å². The van der Waals surface area contributed by atoms with Crippen molar-refractivity contribution < 1.29 is 9.53 Å². The quantitative estimate of drug-likeness (QED) is 0.572. The van der Waals surface area contributed by atoms with Gasteiger partial charge in [0.15, 0.2) is 0 Å². The molecule has 0 unspecified atom stereocenters. The van der Waals surface area contributed by atoms with E-state index in [2.05, 4.69) is 22.2 Å². The molecular weight excluding hydrogens is 208 g/mol. The molecule has 0 aliphatic carbocycles. The summed E-state index contributed by atoms with van der Waals surface area (Å²) in [5.41, 5.74) is 1.01. The van der Waals surface area contributed by atoms with Crippen LogP contribution in [-0.2, 0) is 9.53 Å². The first-order valence-corrected chi connectivity index (χ1v) is 5.41. The molecule has 2 rings (SSSR count). The molecule has 2 nitrogen and oxygen atoms in total. The van der Waals surface area contributed by atoms with Gasteiger partial charge in [0.05, 0.1) is 7.11 Å². The Labute approximate surface area is 91.8 Å². The van der Waals surface area contributed by atoms with Crippen molar-refractivity contribution in [2.45, 2.75) is 0 Å². The fraction of sp³-hybridized carbons (Fsp3) is 0.0833. The topological polar surface area (TPSA) is 26.3 Å². The van der Waals surface area contributed by atoms with Crippen LogP contribution in [0.15, 0.2) is 35.7 Å². The van der Waals surface area contributed by atoms with Gasteiger partial charge in [-0.05, 0) is 40.6 Å². The molecule has 1 aromatic heterocycles. The highest BCUT2D eigenvalue weighted by atomic mass is 32.1. The number of methoxy groups -OCH3 is 1. The fourth-order valence-electron chi connectivity index (χ4n) is 1.32. The molecule has 1 heterocycles. The summed E-state index contributed by atoms with van der Waals surface area (Å²) in [5.74, 6) is -0.333. The summed E-state index contributed by atoms with van der Waals surface area (Å²) < 4.78 is 5.78. The van der Waals surface area contributed by atoms with Crippen molar-refractivity contribution in [3.63, 3.8) is 0 Å². The number of rotatable bonds is 2. The Bertz CT molecular complexity index is 511. The molecule has 0 radical (unpaired) electrons. The molecule has 2 aromatic rings. The van der Waals surface area contributed by atoms with Gasteiger partial charge in [0, 0.05) is 10.8 Å². The average Bonchev–Trinajstić information content (AvgIpc) is 2.72. The first kappa shape index (κ1) is 9.93. The smallest absolute Gasteiger partial charge is 0.330 e. The highest BCUT2D eigenvalue weighted by Gasteiger charge is 1.96. The summed E-state index contributed by atoms with van der Waals surface area (Å²) in [5, 5.41) is 3.25. The van der Waals surface area contributed by atoms with E-state index < -0.39 is 0 Å². The molecule has 0 saturated carbocycles. The van der Waals surface area contributed by atoms with Crippen molar-refractivity contribution >= 4 is 33.5 Å². The van der Waals surface area contributed by atoms with E-state index in [0.717, 1.165) is 5.56 Å². The van der Waals surface area contributed by atoms with Gasteiger partial charge < -0.3 is 4.74 Å².